The minimum Gasteiger partial charge on any atom is -0.411 e. The quantitative estimate of drug-likeness (QED) is 0.300. The van der Waals surface area contributed by atoms with Gasteiger partial charge < -0.3 is 5.82 Å². The van der Waals surface area contributed by atoms with Gasteiger partial charge >= 0.3 is 0 Å². The van der Waals surface area contributed by atoms with Crippen molar-refractivity contribution in [2.45, 2.75) is 0 Å². The monoisotopic (exact) mass is 178 g/mol. The molecule has 3 heteroatoms. The molecule has 0 saturated carbocycles. The zero-order chi connectivity index (χ0) is 3.41. The molecule has 0 heterocycles. The summed E-state index contributed by atoms with van der Waals surface area (Å²) >= 11 is 4.17. The molecule has 0 bridgehead atoms. The Morgan fingerprint density at radius 1 is 1.80 bits per heavy atom. The average molecular weight is 178 g/mol. The van der Waals surface area contributed by atoms with E-state index >= 15 is 0 Å². The predicted molar refractivity (Wildman–Crippen MR) is 25.6 cm³/mol. The van der Waals surface area contributed by atoms with Gasteiger partial charge in [0.2, 0.25) is 0 Å². The zero-order valence-corrected chi connectivity index (χ0v) is 7.37. The molecule has 0 aromatic rings. The van der Waals surface area contributed by atoms with Gasteiger partial charge in [-0.3, -0.25) is 14.3 Å². The minimum atomic E-state index is 0. The molecule has 0 aromatic heterocycles. The van der Waals surface area contributed by atoms with E-state index in [0.29, 0.717) is 0 Å². The smallest absolute Gasteiger partial charge is 0 e. The van der Waals surface area contributed by atoms with Crippen LogP contribution in [0.5, 0.6) is 0 Å². The van der Waals surface area contributed by atoms with Gasteiger partial charge in [0.25, 0.3) is 0 Å². The van der Waals surface area contributed by atoms with Crippen molar-refractivity contribution < 1.29 is 32.7 Å². The second-order valence-corrected chi connectivity index (χ2v) is 0.739. The van der Waals surface area contributed by atoms with Crippen LogP contribution in [0.25, 0.3) is 0 Å². The van der Waals surface area contributed by atoms with Crippen LogP contribution in [0.3, 0.4) is 0 Å². The molecule has 0 aliphatic heterocycles. The van der Waals surface area contributed by atoms with Crippen molar-refractivity contribution in [3.05, 3.63) is 5.82 Å². The summed E-state index contributed by atoms with van der Waals surface area (Å²) in [6.45, 7) is 0. The molecule has 0 fully saturated rings. The van der Waals surface area contributed by atoms with E-state index in [-0.39, 0.29) is 32.7 Å². The molecule has 0 aliphatic carbocycles. The van der Waals surface area contributed by atoms with Crippen LogP contribution in [0, 0.1) is 5.82 Å². The molecule has 0 aromatic carbocycles. The van der Waals surface area contributed by atoms with Crippen LogP contribution in [0.4, 0.5) is 0 Å². The average Bonchev–Trinajstić information content (AvgIpc) is 1.37. The maximum absolute atomic E-state index is 4.17. The third kappa shape index (κ3) is 10.8. The molecule has 1 radical (unpaired) electrons. The van der Waals surface area contributed by atoms with Crippen LogP contribution in [0.1, 0.15) is 0 Å². The molecular formula is C2H2PSY-. The Kier molecular flexibility index (Phi) is 17.4. The summed E-state index contributed by atoms with van der Waals surface area (Å²) in [5.74, 6) is 2.41. The molecule has 0 aliphatic rings. The maximum atomic E-state index is 4.17. The summed E-state index contributed by atoms with van der Waals surface area (Å²) in [7, 11) is 2.19. The summed E-state index contributed by atoms with van der Waals surface area (Å²) in [5, 5.41) is 2.23. The molecular weight excluding hydrogens is 176 g/mol. The fraction of sp³-hybridized carbons (Fsp3) is 0. The summed E-state index contributed by atoms with van der Waals surface area (Å²) in [6, 6.07) is 0. The van der Waals surface area contributed by atoms with E-state index in [0.717, 1.165) is 0 Å². The second-order valence-electron chi connectivity index (χ2n) is 0.246. The first-order valence-corrected chi connectivity index (χ1v) is 1.73. The molecule has 0 nitrogen and oxygen atoms in total. The molecule has 0 saturated heterocycles. The zero-order valence-electron chi connectivity index (χ0n) is 2.56. The van der Waals surface area contributed by atoms with Crippen molar-refractivity contribution in [3.63, 3.8) is 0 Å². The van der Waals surface area contributed by atoms with Crippen molar-refractivity contribution in [3.8, 4) is 0 Å². The van der Waals surface area contributed by atoms with Crippen molar-refractivity contribution in [1.82, 2.24) is 0 Å². The first-order chi connectivity index (χ1) is 1.91. The predicted octanol–water partition coefficient (Wildman–Crippen LogP) is 0.774. The summed E-state index contributed by atoms with van der Waals surface area (Å²) < 4.78 is 0. The Morgan fingerprint density at radius 2 is 2.00 bits per heavy atom. The largest absolute Gasteiger partial charge is 0.411 e. The first kappa shape index (κ1) is 9.64. The van der Waals surface area contributed by atoms with Crippen LogP contribution in [0.15, 0.2) is 0 Å². The maximum Gasteiger partial charge on any atom is 0 e. The van der Waals surface area contributed by atoms with Crippen LogP contribution in [0.2, 0.25) is 0 Å². The van der Waals surface area contributed by atoms with Crippen molar-refractivity contribution in [2.75, 3.05) is 0 Å². The van der Waals surface area contributed by atoms with E-state index in [4.69, 9.17) is 0 Å². The third-order valence-corrected chi connectivity index (χ3v) is 0.530. The fourth-order valence-corrected chi connectivity index (χ4v) is 0. The Hall–Kier alpha value is 1.40. The number of thiocarbonyl (C=S) groups is 1. The van der Waals surface area contributed by atoms with Gasteiger partial charge in [0, 0.05) is 32.7 Å². The standard InChI is InChI=1S/C2H2PS.Y/c3-1-2-4;/h3H2;/q-1;. The fourth-order valence-electron chi connectivity index (χ4n) is 0. The summed E-state index contributed by atoms with van der Waals surface area (Å²) in [5.41, 5.74) is 0. The number of rotatable bonds is 0. The molecule has 0 spiro atoms. The van der Waals surface area contributed by atoms with Gasteiger partial charge in [-0.1, -0.05) is 12.2 Å². The molecule has 0 rings (SSSR count). The van der Waals surface area contributed by atoms with Crippen LogP contribution in [-0.4, -0.2) is 5.02 Å². The third-order valence-electron chi connectivity index (χ3n) is 0.0589. The molecule has 1 unspecified atom stereocenters. The number of hydrogen-bond donors (Lipinski definition) is 0. The van der Waals surface area contributed by atoms with Crippen LogP contribution < -0.4 is 0 Å². The van der Waals surface area contributed by atoms with E-state index in [1.54, 1.807) is 0 Å². The molecule has 1 atom stereocenters. The SMILES string of the molecule is P[C-]=C=S.[Y]. The van der Waals surface area contributed by atoms with Gasteiger partial charge in [-0.05, 0) is 0 Å². The van der Waals surface area contributed by atoms with E-state index in [9.17, 15) is 0 Å². The van der Waals surface area contributed by atoms with Gasteiger partial charge in [-0.2, -0.15) is 0 Å². The molecule has 0 amide bonds. The van der Waals surface area contributed by atoms with Gasteiger partial charge in [0.05, 0.1) is 0 Å². The second kappa shape index (κ2) is 9.05. The topological polar surface area (TPSA) is 0 Å². The minimum absolute atomic E-state index is 0. The Labute approximate surface area is 64.5 Å². The van der Waals surface area contributed by atoms with Gasteiger partial charge in [0.1, 0.15) is 0 Å². The van der Waals surface area contributed by atoms with Gasteiger partial charge in [-0.15, -0.1) is 0 Å². The van der Waals surface area contributed by atoms with Crippen molar-refractivity contribution >= 4 is 26.5 Å². The van der Waals surface area contributed by atoms with E-state index in [1.807, 2.05) is 0 Å². The molecule has 5 heavy (non-hydrogen) atoms. The normalized spacial score (nSPS) is 3.40. The van der Waals surface area contributed by atoms with Gasteiger partial charge in [-0.25, -0.2) is 0 Å². The first-order valence-electron chi connectivity index (χ1n) is 0.743. The number of hydrogen-bond acceptors (Lipinski definition) is 1. The summed E-state index contributed by atoms with van der Waals surface area (Å²) in [4.78, 5) is 0. The van der Waals surface area contributed by atoms with Gasteiger partial charge in [0.15, 0.2) is 0 Å². The van der Waals surface area contributed by atoms with Crippen molar-refractivity contribution in [2.24, 2.45) is 0 Å². The van der Waals surface area contributed by atoms with E-state index in [2.05, 4.69) is 32.3 Å². The van der Waals surface area contributed by atoms with Crippen LogP contribution >= 0.6 is 21.5 Å². The molecule has 25 valence electrons. The summed E-state index contributed by atoms with van der Waals surface area (Å²) in [6.07, 6.45) is 0. The van der Waals surface area contributed by atoms with Crippen LogP contribution in [-0.2, 0) is 32.7 Å². The van der Waals surface area contributed by atoms with Crippen molar-refractivity contribution in [1.29, 1.82) is 0 Å². The van der Waals surface area contributed by atoms with E-state index < -0.39 is 0 Å². The Bertz CT molecular complexity index is 47.6. The Morgan fingerprint density at radius 3 is 2.00 bits per heavy atom. The molecule has 0 N–H and O–H groups in total. The van der Waals surface area contributed by atoms with E-state index in [1.165, 1.54) is 0 Å². The Balaban J connectivity index is 0.